The molecule has 0 aliphatic carbocycles. The van der Waals surface area contributed by atoms with Gasteiger partial charge in [0.05, 0.1) is 4.90 Å². The first-order valence-electron chi connectivity index (χ1n) is 9.00. The van der Waals surface area contributed by atoms with E-state index in [1.165, 1.54) is 35.5 Å². The fraction of sp³-hybridized carbons (Fsp3) is 0.579. The van der Waals surface area contributed by atoms with E-state index < -0.39 is 10.0 Å². The summed E-state index contributed by atoms with van der Waals surface area (Å²) in [5, 5.41) is 3.04. The van der Waals surface area contributed by atoms with Gasteiger partial charge in [-0.1, -0.05) is 19.1 Å². The normalized spacial score (nSPS) is 17.1. The number of nitrogens with zero attached hydrogens (tertiary/aromatic N) is 1. The first-order valence-corrected chi connectivity index (χ1v) is 10.4. The number of rotatable bonds is 6. The monoisotopic (exact) mass is 380 g/mol. The Labute approximate surface area is 156 Å². The fourth-order valence-electron chi connectivity index (χ4n) is 2.89. The van der Waals surface area contributed by atoms with Gasteiger partial charge in [-0.25, -0.2) is 8.42 Å². The van der Waals surface area contributed by atoms with Gasteiger partial charge in [-0.2, -0.15) is 4.31 Å². The zero-order chi connectivity index (χ0) is 19.5. The van der Waals surface area contributed by atoms with Crippen molar-refractivity contribution >= 4 is 21.7 Å². The minimum Gasteiger partial charge on any atom is -0.351 e. The first kappa shape index (κ1) is 20.6. The number of hydrogen-bond donors (Lipinski definition) is 1. The lowest BCUT2D eigenvalue weighted by molar-refractivity contribution is -0.127. The van der Waals surface area contributed by atoms with Gasteiger partial charge < -0.3 is 5.32 Å². The van der Waals surface area contributed by atoms with E-state index in [1.807, 2.05) is 20.8 Å². The molecule has 1 fully saturated rings. The SMILES string of the molecule is CCC(C)(C)NC(=O)C1CCN(S(=O)(=O)c2ccc(C(C)=O)cc2)CC1. The van der Waals surface area contributed by atoms with Gasteiger partial charge in [0.2, 0.25) is 15.9 Å². The molecular weight excluding hydrogens is 352 g/mol. The summed E-state index contributed by atoms with van der Waals surface area (Å²) in [6.45, 7) is 8.07. The summed E-state index contributed by atoms with van der Waals surface area (Å²) in [7, 11) is -3.60. The Hall–Kier alpha value is -1.73. The molecule has 0 bridgehead atoms. The van der Waals surface area contributed by atoms with Crippen molar-refractivity contribution < 1.29 is 18.0 Å². The Balaban J connectivity index is 2.02. The number of sulfonamides is 1. The summed E-state index contributed by atoms with van der Waals surface area (Å²) in [6, 6.07) is 5.99. The van der Waals surface area contributed by atoms with E-state index in [9.17, 15) is 18.0 Å². The maximum Gasteiger partial charge on any atom is 0.243 e. The maximum absolute atomic E-state index is 12.8. The molecule has 26 heavy (non-hydrogen) atoms. The van der Waals surface area contributed by atoms with E-state index >= 15 is 0 Å². The molecule has 0 saturated carbocycles. The van der Waals surface area contributed by atoms with Gasteiger partial charge in [-0.3, -0.25) is 9.59 Å². The van der Waals surface area contributed by atoms with Gasteiger partial charge in [-0.05, 0) is 52.2 Å². The molecule has 1 saturated heterocycles. The number of carbonyl (C=O) groups excluding carboxylic acids is 2. The Bertz CT molecular complexity index is 761. The van der Waals surface area contributed by atoms with Crippen LogP contribution < -0.4 is 5.32 Å². The summed E-state index contributed by atoms with van der Waals surface area (Å²) in [5.41, 5.74) is 0.233. The Morgan fingerprint density at radius 3 is 2.15 bits per heavy atom. The van der Waals surface area contributed by atoms with Crippen LogP contribution in [-0.2, 0) is 14.8 Å². The summed E-state index contributed by atoms with van der Waals surface area (Å²) in [4.78, 5) is 23.9. The quantitative estimate of drug-likeness (QED) is 0.769. The highest BCUT2D eigenvalue weighted by molar-refractivity contribution is 7.89. The summed E-state index contributed by atoms with van der Waals surface area (Å²) < 4.78 is 26.9. The zero-order valence-electron chi connectivity index (χ0n) is 15.9. The van der Waals surface area contributed by atoms with Gasteiger partial charge >= 0.3 is 0 Å². The van der Waals surface area contributed by atoms with Crippen molar-refractivity contribution in [3.8, 4) is 0 Å². The zero-order valence-corrected chi connectivity index (χ0v) is 16.7. The van der Waals surface area contributed by atoms with Crippen LogP contribution in [0.2, 0.25) is 0 Å². The molecule has 0 unspecified atom stereocenters. The molecule has 1 N–H and O–H groups in total. The number of piperidine rings is 1. The van der Waals surface area contributed by atoms with Crippen molar-refractivity contribution in [2.45, 2.75) is 57.4 Å². The Morgan fingerprint density at radius 1 is 1.15 bits per heavy atom. The van der Waals surface area contributed by atoms with Crippen LogP contribution in [0, 0.1) is 5.92 Å². The minimum atomic E-state index is -3.60. The van der Waals surface area contributed by atoms with E-state index in [1.54, 1.807) is 0 Å². The Kier molecular flexibility index (Phi) is 6.24. The lowest BCUT2D eigenvalue weighted by Gasteiger charge is -2.33. The topological polar surface area (TPSA) is 83.6 Å². The van der Waals surface area contributed by atoms with Crippen LogP contribution in [-0.4, -0.2) is 43.0 Å². The van der Waals surface area contributed by atoms with E-state index in [-0.39, 0.29) is 28.0 Å². The molecule has 1 aromatic rings. The molecule has 144 valence electrons. The van der Waals surface area contributed by atoms with Crippen LogP contribution in [0.3, 0.4) is 0 Å². The predicted molar refractivity (Wildman–Crippen MR) is 100 cm³/mol. The highest BCUT2D eigenvalue weighted by atomic mass is 32.2. The second kappa shape index (κ2) is 7.88. The maximum atomic E-state index is 12.8. The van der Waals surface area contributed by atoms with Crippen LogP contribution in [0.15, 0.2) is 29.2 Å². The van der Waals surface area contributed by atoms with Crippen molar-refractivity contribution in [2.24, 2.45) is 5.92 Å². The molecule has 0 spiro atoms. The van der Waals surface area contributed by atoms with Crippen LogP contribution in [0.4, 0.5) is 0 Å². The van der Waals surface area contributed by atoms with Gasteiger partial charge in [0.15, 0.2) is 5.78 Å². The highest BCUT2D eigenvalue weighted by Gasteiger charge is 2.33. The standard InChI is InChI=1S/C19H28N2O4S/c1-5-19(3,4)20-18(23)16-10-12-21(13-11-16)26(24,25)17-8-6-15(7-9-17)14(2)22/h6-9,16H,5,10-13H2,1-4H3,(H,20,23). The average Bonchev–Trinajstić information content (AvgIpc) is 2.61. The van der Waals surface area contributed by atoms with Crippen LogP contribution in [0.25, 0.3) is 0 Å². The molecule has 7 heteroatoms. The van der Waals surface area contributed by atoms with E-state index in [0.29, 0.717) is 31.5 Å². The molecule has 1 aliphatic rings. The molecule has 1 heterocycles. The van der Waals surface area contributed by atoms with Gasteiger partial charge in [0, 0.05) is 30.1 Å². The molecule has 1 amide bonds. The number of amides is 1. The van der Waals surface area contributed by atoms with Crippen LogP contribution in [0.1, 0.15) is 57.3 Å². The molecular formula is C19H28N2O4S. The fourth-order valence-corrected chi connectivity index (χ4v) is 4.36. The summed E-state index contributed by atoms with van der Waals surface area (Å²) in [5.74, 6) is -0.261. The molecule has 1 aliphatic heterocycles. The average molecular weight is 381 g/mol. The van der Waals surface area contributed by atoms with E-state index in [4.69, 9.17) is 0 Å². The molecule has 1 aromatic carbocycles. The number of hydrogen-bond acceptors (Lipinski definition) is 4. The van der Waals surface area contributed by atoms with E-state index in [2.05, 4.69) is 5.32 Å². The lowest BCUT2D eigenvalue weighted by Crippen LogP contribution is -2.48. The van der Waals surface area contributed by atoms with Gasteiger partial charge in [0.25, 0.3) is 0 Å². The smallest absolute Gasteiger partial charge is 0.243 e. The third-order valence-corrected chi connectivity index (χ3v) is 6.98. The van der Waals surface area contributed by atoms with Crippen LogP contribution >= 0.6 is 0 Å². The number of nitrogens with one attached hydrogen (secondary N) is 1. The number of Topliss-reactive ketones (excluding diaryl/α,β-unsaturated/α-hetero) is 1. The molecule has 2 rings (SSSR count). The second-order valence-electron chi connectivity index (χ2n) is 7.49. The third-order valence-electron chi connectivity index (χ3n) is 5.07. The third kappa shape index (κ3) is 4.71. The van der Waals surface area contributed by atoms with E-state index in [0.717, 1.165) is 6.42 Å². The minimum absolute atomic E-state index is 0.000269. The number of ketones is 1. The Morgan fingerprint density at radius 2 is 1.69 bits per heavy atom. The van der Waals surface area contributed by atoms with Crippen molar-refractivity contribution in [3.05, 3.63) is 29.8 Å². The molecule has 0 atom stereocenters. The highest BCUT2D eigenvalue weighted by Crippen LogP contribution is 2.25. The molecule has 0 radical (unpaired) electrons. The molecule has 6 nitrogen and oxygen atoms in total. The predicted octanol–water partition coefficient (Wildman–Crippen LogP) is 2.59. The summed E-state index contributed by atoms with van der Waals surface area (Å²) >= 11 is 0. The second-order valence-corrected chi connectivity index (χ2v) is 9.42. The lowest BCUT2D eigenvalue weighted by atomic mass is 9.94. The summed E-state index contributed by atoms with van der Waals surface area (Å²) in [6.07, 6.45) is 1.86. The van der Waals surface area contributed by atoms with Crippen molar-refractivity contribution in [1.29, 1.82) is 0 Å². The van der Waals surface area contributed by atoms with Gasteiger partial charge in [-0.15, -0.1) is 0 Å². The van der Waals surface area contributed by atoms with Crippen molar-refractivity contribution in [3.63, 3.8) is 0 Å². The molecule has 0 aromatic heterocycles. The number of carbonyl (C=O) groups is 2. The first-order chi connectivity index (χ1) is 12.1. The van der Waals surface area contributed by atoms with Gasteiger partial charge in [0.1, 0.15) is 0 Å². The van der Waals surface area contributed by atoms with Crippen molar-refractivity contribution in [1.82, 2.24) is 9.62 Å². The largest absolute Gasteiger partial charge is 0.351 e. The number of benzene rings is 1. The van der Waals surface area contributed by atoms with Crippen molar-refractivity contribution in [2.75, 3.05) is 13.1 Å². The van der Waals surface area contributed by atoms with Crippen LogP contribution in [0.5, 0.6) is 0 Å².